The summed E-state index contributed by atoms with van der Waals surface area (Å²) in [6.45, 7) is 2.54. The molecule has 0 saturated heterocycles. The van der Waals surface area contributed by atoms with Crippen LogP contribution in [0, 0.1) is 0 Å². The molecule has 2 atom stereocenters. The number of benzene rings is 2. The normalized spacial score (nSPS) is 13.3. The van der Waals surface area contributed by atoms with Gasteiger partial charge in [-0.3, -0.25) is 4.72 Å². The second-order valence-corrected chi connectivity index (χ2v) is 11.7. The highest BCUT2D eigenvalue weighted by Crippen LogP contribution is 2.25. The third-order valence-electron chi connectivity index (χ3n) is 6.23. The predicted molar refractivity (Wildman–Crippen MR) is 153 cm³/mol. The number of fused-ring (bicyclic) bond motifs is 1. The molecule has 206 valence electrons. The Morgan fingerprint density at radius 1 is 1.15 bits per heavy atom. The molecule has 2 aromatic heterocycles. The van der Waals surface area contributed by atoms with E-state index in [0.717, 1.165) is 28.3 Å². The molecule has 0 saturated carbocycles. The molecule has 0 radical (unpaired) electrons. The number of aromatic nitrogens is 2. The van der Waals surface area contributed by atoms with E-state index >= 15 is 0 Å². The molecule has 2 aromatic carbocycles. The number of rotatable bonds is 11. The van der Waals surface area contributed by atoms with Crippen molar-refractivity contribution in [3.8, 4) is 0 Å². The number of hydrogen-bond donors (Lipinski definition) is 5. The van der Waals surface area contributed by atoms with Crippen LogP contribution in [0.3, 0.4) is 0 Å². The molecule has 2 unspecified atom stereocenters. The van der Waals surface area contributed by atoms with Crippen molar-refractivity contribution in [1.29, 1.82) is 0 Å². The third kappa shape index (κ3) is 7.27. The van der Waals surface area contributed by atoms with Gasteiger partial charge in [0.15, 0.2) is 0 Å². The van der Waals surface area contributed by atoms with Crippen LogP contribution in [0.5, 0.6) is 0 Å². The Morgan fingerprint density at radius 2 is 1.92 bits per heavy atom. The van der Waals surface area contributed by atoms with Gasteiger partial charge in [0.2, 0.25) is 10.0 Å². The standard InChI is InChI=1S/C27H30ClN5O5S/c1-16(30-14-25(34)20-11-22(28)26(29)31-13-20)8-17-6-7-23-19(9-17)12-24(27(35)36)33(23)15-18-4-3-5-21(10-18)32-39(2,37)38/h3-7,9-13,16,25,30,32,34H,8,14-15H2,1-2H3,(H2,29,31)(H,35,36). The number of anilines is 2. The average Bonchev–Trinajstić information content (AvgIpc) is 3.21. The first-order valence-electron chi connectivity index (χ1n) is 12.1. The zero-order chi connectivity index (χ0) is 28.3. The van der Waals surface area contributed by atoms with Crippen LogP contribution in [-0.2, 0) is 23.0 Å². The molecule has 2 heterocycles. The number of carboxylic acids is 1. The van der Waals surface area contributed by atoms with E-state index in [9.17, 15) is 23.4 Å². The van der Waals surface area contributed by atoms with Crippen molar-refractivity contribution in [2.75, 3.05) is 23.3 Å². The first-order valence-corrected chi connectivity index (χ1v) is 14.4. The van der Waals surface area contributed by atoms with Crippen molar-refractivity contribution in [3.05, 3.63) is 88.2 Å². The SMILES string of the molecule is CC(Cc1ccc2c(c1)cc(C(=O)O)n2Cc1cccc(NS(C)(=O)=O)c1)NCC(O)c1cnc(N)c(Cl)c1. The summed E-state index contributed by atoms with van der Waals surface area (Å²) < 4.78 is 27.3. The van der Waals surface area contributed by atoms with Gasteiger partial charge in [0, 0.05) is 47.5 Å². The molecular formula is C27H30ClN5O5S. The molecule has 12 heteroatoms. The van der Waals surface area contributed by atoms with Gasteiger partial charge in [0.1, 0.15) is 11.5 Å². The zero-order valence-corrected chi connectivity index (χ0v) is 23.0. The highest BCUT2D eigenvalue weighted by atomic mass is 35.5. The Kier molecular flexibility index (Phi) is 8.45. The fraction of sp³-hybridized carbons (Fsp3) is 0.259. The molecule has 10 nitrogen and oxygen atoms in total. The van der Waals surface area contributed by atoms with Crippen LogP contribution in [0.15, 0.2) is 60.8 Å². The van der Waals surface area contributed by atoms with E-state index in [1.165, 1.54) is 6.20 Å². The second kappa shape index (κ2) is 11.6. The van der Waals surface area contributed by atoms with E-state index in [4.69, 9.17) is 17.3 Å². The zero-order valence-electron chi connectivity index (χ0n) is 21.4. The van der Waals surface area contributed by atoms with Crippen molar-refractivity contribution in [1.82, 2.24) is 14.9 Å². The highest BCUT2D eigenvalue weighted by Gasteiger charge is 2.17. The van der Waals surface area contributed by atoms with Crippen LogP contribution in [0.1, 0.15) is 40.2 Å². The van der Waals surface area contributed by atoms with Crippen LogP contribution >= 0.6 is 11.6 Å². The minimum atomic E-state index is -3.44. The summed E-state index contributed by atoms with van der Waals surface area (Å²) in [5.41, 5.74) is 9.25. The van der Waals surface area contributed by atoms with Crippen LogP contribution in [0.25, 0.3) is 10.9 Å². The maximum absolute atomic E-state index is 12.0. The quantitative estimate of drug-likeness (QED) is 0.182. The number of nitrogen functional groups attached to an aromatic ring is 1. The van der Waals surface area contributed by atoms with Crippen molar-refractivity contribution >= 4 is 50.0 Å². The number of halogens is 1. The number of carbonyl (C=O) groups is 1. The number of pyridine rings is 1. The summed E-state index contributed by atoms with van der Waals surface area (Å²) in [6.07, 6.45) is 2.41. The third-order valence-corrected chi connectivity index (χ3v) is 7.14. The summed E-state index contributed by atoms with van der Waals surface area (Å²) in [6, 6.07) is 15.9. The summed E-state index contributed by atoms with van der Waals surface area (Å²) in [4.78, 5) is 16.0. The summed E-state index contributed by atoms with van der Waals surface area (Å²) in [5, 5.41) is 24.7. The Morgan fingerprint density at radius 3 is 2.62 bits per heavy atom. The summed E-state index contributed by atoms with van der Waals surface area (Å²) in [5.74, 6) is -0.846. The fourth-order valence-corrected chi connectivity index (χ4v) is 5.16. The molecule has 4 aromatic rings. The van der Waals surface area contributed by atoms with Crippen molar-refractivity contribution in [2.24, 2.45) is 0 Å². The van der Waals surface area contributed by atoms with E-state index in [1.54, 1.807) is 34.9 Å². The van der Waals surface area contributed by atoms with E-state index in [2.05, 4.69) is 15.0 Å². The van der Waals surface area contributed by atoms with Gasteiger partial charge in [-0.05, 0) is 60.9 Å². The number of nitrogens with two attached hydrogens (primary N) is 1. The van der Waals surface area contributed by atoms with E-state index in [0.29, 0.717) is 22.7 Å². The van der Waals surface area contributed by atoms with Crippen LogP contribution in [-0.4, -0.2) is 53.0 Å². The minimum Gasteiger partial charge on any atom is -0.477 e. The average molecular weight is 572 g/mol. The number of hydrogen-bond acceptors (Lipinski definition) is 7. The maximum Gasteiger partial charge on any atom is 0.352 e. The lowest BCUT2D eigenvalue weighted by Crippen LogP contribution is -2.32. The van der Waals surface area contributed by atoms with Crippen molar-refractivity contribution < 1.29 is 23.4 Å². The van der Waals surface area contributed by atoms with Crippen molar-refractivity contribution in [3.63, 3.8) is 0 Å². The fourth-order valence-electron chi connectivity index (χ4n) is 4.43. The first-order chi connectivity index (χ1) is 18.4. The number of aliphatic hydroxyl groups is 1. The molecule has 4 rings (SSSR count). The van der Waals surface area contributed by atoms with Gasteiger partial charge < -0.3 is 25.8 Å². The number of aromatic carboxylic acids is 1. The summed E-state index contributed by atoms with van der Waals surface area (Å²) in [7, 11) is -3.44. The molecule has 39 heavy (non-hydrogen) atoms. The largest absolute Gasteiger partial charge is 0.477 e. The molecule has 0 bridgehead atoms. The molecule has 0 aliphatic carbocycles. The van der Waals surface area contributed by atoms with Gasteiger partial charge in [-0.15, -0.1) is 0 Å². The Bertz CT molecular complexity index is 1620. The number of nitrogens with one attached hydrogen (secondary N) is 2. The highest BCUT2D eigenvalue weighted by molar-refractivity contribution is 7.92. The number of carboxylic acid groups (broad SMARTS) is 1. The molecule has 0 aliphatic heterocycles. The molecule has 0 spiro atoms. The molecular weight excluding hydrogens is 542 g/mol. The predicted octanol–water partition coefficient (Wildman–Crippen LogP) is 3.64. The van der Waals surface area contributed by atoms with Gasteiger partial charge in [0.25, 0.3) is 0 Å². The summed E-state index contributed by atoms with van der Waals surface area (Å²) >= 11 is 6.00. The van der Waals surface area contributed by atoms with E-state index < -0.39 is 22.1 Å². The van der Waals surface area contributed by atoms with Crippen molar-refractivity contribution in [2.45, 2.75) is 32.0 Å². The number of aliphatic hydroxyl groups excluding tert-OH is 1. The lowest BCUT2D eigenvalue weighted by molar-refractivity contribution is 0.0686. The lowest BCUT2D eigenvalue weighted by atomic mass is 10.0. The van der Waals surface area contributed by atoms with Crippen LogP contribution < -0.4 is 15.8 Å². The first kappa shape index (κ1) is 28.4. The maximum atomic E-state index is 12.0. The smallest absolute Gasteiger partial charge is 0.352 e. The topological polar surface area (TPSA) is 160 Å². The molecule has 0 amide bonds. The van der Waals surface area contributed by atoms with E-state index in [1.807, 2.05) is 31.2 Å². The second-order valence-electron chi connectivity index (χ2n) is 9.55. The van der Waals surface area contributed by atoms with Gasteiger partial charge in [-0.2, -0.15) is 0 Å². The van der Waals surface area contributed by atoms with E-state index in [-0.39, 0.29) is 30.6 Å². The lowest BCUT2D eigenvalue weighted by Gasteiger charge is -2.18. The molecule has 0 fully saturated rings. The molecule has 0 aliphatic rings. The van der Waals surface area contributed by atoms with Gasteiger partial charge in [-0.25, -0.2) is 18.2 Å². The Balaban J connectivity index is 1.48. The Labute approximate surface area is 231 Å². The van der Waals surface area contributed by atoms with Crippen LogP contribution in [0.4, 0.5) is 11.5 Å². The molecule has 6 N–H and O–H groups in total. The number of nitrogens with zero attached hydrogens (tertiary/aromatic N) is 2. The Hall–Kier alpha value is -3.64. The van der Waals surface area contributed by atoms with Gasteiger partial charge >= 0.3 is 5.97 Å². The monoisotopic (exact) mass is 571 g/mol. The minimum absolute atomic E-state index is 0.0143. The van der Waals surface area contributed by atoms with Gasteiger partial charge in [0.05, 0.1) is 17.4 Å². The number of sulfonamides is 1. The van der Waals surface area contributed by atoms with Gasteiger partial charge in [-0.1, -0.05) is 29.8 Å². The van der Waals surface area contributed by atoms with Crippen LogP contribution in [0.2, 0.25) is 5.02 Å².